The zero-order valence-corrected chi connectivity index (χ0v) is 18.0. The van der Waals surface area contributed by atoms with Crippen LogP contribution in [0.3, 0.4) is 0 Å². The summed E-state index contributed by atoms with van der Waals surface area (Å²) >= 11 is 1.87. The third-order valence-electron chi connectivity index (χ3n) is 5.27. The Morgan fingerprint density at radius 1 is 1.11 bits per heavy atom. The van der Waals surface area contributed by atoms with Crippen LogP contribution in [0, 0.1) is 5.92 Å². The van der Waals surface area contributed by atoms with Crippen LogP contribution in [-0.2, 0) is 4.74 Å². The minimum absolute atomic E-state index is 0.233. The largest absolute Gasteiger partial charge is 0.372 e. The molecule has 0 bridgehead atoms. The average molecular weight is 394 g/mol. The standard InChI is InChI=1S/C20H35N5OS/c1-14(2)27-24-18-7-5-17(6-8-18)9-21-19-10-23-20(11-22-19)25-12-15(3)26-16(4)13-25/h10-11,14-18,24H,5-9,12-13H2,1-4H3,(H,21,22)/t15-,16+,17-,18-. The number of rotatable bonds is 7. The maximum absolute atomic E-state index is 5.79. The number of nitrogens with zero attached hydrogens (tertiary/aromatic N) is 3. The van der Waals surface area contributed by atoms with Crippen molar-refractivity contribution in [2.45, 2.75) is 76.9 Å². The second kappa shape index (κ2) is 9.94. The Morgan fingerprint density at radius 2 is 1.81 bits per heavy atom. The number of hydrogen-bond donors (Lipinski definition) is 2. The van der Waals surface area contributed by atoms with Gasteiger partial charge in [0, 0.05) is 30.9 Å². The van der Waals surface area contributed by atoms with E-state index in [0.717, 1.165) is 37.2 Å². The Balaban J connectivity index is 1.40. The van der Waals surface area contributed by atoms with Crippen LogP contribution in [0.25, 0.3) is 0 Å². The Labute approximate surface area is 168 Å². The number of anilines is 2. The van der Waals surface area contributed by atoms with E-state index in [-0.39, 0.29) is 12.2 Å². The van der Waals surface area contributed by atoms with Gasteiger partial charge in [-0.3, -0.25) is 4.72 Å². The molecule has 7 heteroatoms. The lowest BCUT2D eigenvalue weighted by atomic mass is 9.86. The molecule has 0 unspecified atom stereocenters. The Kier molecular flexibility index (Phi) is 7.61. The van der Waals surface area contributed by atoms with Crippen molar-refractivity contribution < 1.29 is 4.74 Å². The van der Waals surface area contributed by atoms with E-state index in [2.05, 4.69) is 52.6 Å². The Bertz CT molecular complexity index is 552. The maximum Gasteiger partial charge on any atom is 0.147 e. The summed E-state index contributed by atoms with van der Waals surface area (Å²) in [6, 6.07) is 0.672. The summed E-state index contributed by atoms with van der Waals surface area (Å²) < 4.78 is 9.41. The highest BCUT2D eigenvalue weighted by Gasteiger charge is 2.24. The molecule has 0 radical (unpaired) electrons. The predicted octanol–water partition coefficient (Wildman–Crippen LogP) is 3.71. The average Bonchev–Trinajstić information content (AvgIpc) is 2.65. The monoisotopic (exact) mass is 393 g/mol. The van der Waals surface area contributed by atoms with Crippen molar-refractivity contribution in [3.63, 3.8) is 0 Å². The minimum Gasteiger partial charge on any atom is -0.372 e. The first-order valence-corrected chi connectivity index (χ1v) is 11.2. The van der Waals surface area contributed by atoms with E-state index in [4.69, 9.17) is 4.74 Å². The predicted molar refractivity (Wildman–Crippen MR) is 114 cm³/mol. The number of ether oxygens (including phenoxy) is 1. The smallest absolute Gasteiger partial charge is 0.147 e. The second-order valence-corrected chi connectivity index (χ2v) is 9.72. The molecule has 1 aliphatic heterocycles. The van der Waals surface area contributed by atoms with Gasteiger partial charge in [-0.25, -0.2) is 9.97 Å². The van der Waals surface area contributed by atoms with Crippen molar-refractivity contribution >= 4 is 23.6 Å². The quantitative estimate of drug-likeness (QED) is 0.685. The molecule has 1 saturated carbocycles. The summed E-state index contributed by atoms with van der Waals surface area (Å²) in [5, 5.41) is 4.13. The van der Waals surface area contributed by atoms with Gasteiger partial charge in [0.05, 0.1) is 24.6 Å². The van der Waals surface area contributed by atoms with Crippen LogP contribution in [0.5, 0.6) is 0 Å². The molecule has 2 fully saturated rings. The van der Waals surface area contributed by atoms with Crippen molar-refractivity contribution in [1.82, 2.24) is 14.7 Å². The lowest BCUT2D eigenvalue weighted by Crippen LogP contribution is -2.45. The first kappa shape index (κ1) is 20.7. The van der Waals surface area contributed by atoms with E-state index in [1.807, 2.05) is 24.3 Å². The summed E-state index contributed by atoms with van der Waals surface area (Å²) in [6.07, 6.45) is 9.31. The minimum atomic E-state index is 0.233. The molecular formula is C20H35N5OS. The van der Waals surface area contributed by atoms with Gasteiger partial charge >= 0.3 is 0 Å². The van der Waals surface area contributed by atoms with Crippen molar-refractivity contribution in [2.75, 3.05) is 29.9 Å². The summed E-state index contributed by atoms with van der Waals surface area (Å²) in [5.74, 6) is 2.55. The summed E-state index contributed by atoms with van der Waals surface area (Å²) in [6.45, 7) is 11.4. The van der Waals surface area contributed by atoms with E-state index in [1.165, 1.54) is 25.7 Å². The zero-order chi connectivity index (χ0) is 19.2. The van der Waals surface area contributed by atoms with E-state index >= 15 is 0 Å². The highest BCUT2D eigenvalue weighted by molar-refractivity contribution is 7.98. The summed E-state index contributed by atoms with van der Waals surface area (Å²) in [5.41, 5.74) is 0. The van der Waals surface area contributed by atoms with Gasteiger partial charge in [0.15, 0.2) is 0 Å². The molecule has 2 atom stereocenters. The Hall–Kier alpha value is -1.05. The van der Waals surface area contributed by atoms with E-state index in [9.17, 15) is 0 Å². The lowest BCUT2D eigenvalue weighted by molar-refractivity contribution is -0.00547. The Morgan fingerprint density at radius 3 is 2.41 bits per heavy atom. The van der Waals surface area contributed by atoms with E-state index in [0.29, 0.717) is 11.3 Å². The highest BCUT2D eigenvalue weighted by atomic mass is 32.2. The second-order valence-electron chi connectivity index (χ2n) is 8.31. The fraction of sp³-hybridized carbons (Fsp3) is 0.800. The van der Waals surface area contributed by atoms with Crippen molar-refractivity contribution in [3.8, 4) is 0 Å². The van der Waals surface area contributed by atoms with Crippen molar-refractivity contribution in [1.29, 1.82) is 0 Å². The fourth-order valence-electron chi connectivity index (χ4n) is 3.91. The maximum atomic E-state index is 5.79. The lowest BCUT2D eigenvalue weighted by Gasteiger charge is -2.35. The van der Waals surface area contributed by atoms with Crippen LogP contribution in [0.4, 0.5) is 11.6 Å². The molecule has 1 aromatic rings. The van der Waals surface area contributed by atoms with Gasteiger partial charge in [-0.2, -0.15) is 0 Å². The third-order valence-corrected chi connectivity index (χ3v) is 6.21. The van der Waals surface area contributed by atoms with E-state index in [1.54, 1.807) is 0 Å². The van der Waals surface area contributed by atoms with Crippen LogP contribution < -0.4 is 14.9 Å². The number of hydrogen-bond acceptors (Lipinski definition) is 7. The molecule has 0 amide bonds. The van der Waals surface area contributed by atoms with Crippen molar-refractivity contribution in [2.24, 2.45) is 5.92 Å². The van der Waals surface area contributed by atoms with Gasteiger partial charge in [-0.1, -0.05) is 25.8 Å². The van der Waals surface area contributed by atoms with Crippen LogP contribution in [0.15, 0.2) is 12.4 Å². The van der Waals surface area contributed by atoms with Gasteiger partial charge in [-0.05, 0) is 45.4 Å². The fourth-order valence-corrected chi connectivity index (χ4v) is 4.61. The molecule has 1 aliphatic carbocycles. The topological polar surface area (TPSA) is 62.3 Å². The first-order valence-electron chi connectivity index (χ1n) is 10.4. The molecule has 0 aromatic carbocycles. The van der Waals surface area contributed by atoms with Gasteiger partial charge in [0.2, 0.25) is 0 Å². The molecule has 0 spiro atoms. The molecule has 152 valence electrons. The molecule has 27 heavy (non-hydrogen) atoms. The SMILES string of the molecule is CC(C)SN[C@H]1CC[C@H](CNc2cnc(N3C[C@@H](C)O[C@@H](C)C3)cn2)CC1. The van der Waals surface area contributed by atoms with Gasteiger partial charge in [-0.15, -0.1) is 0 Å². The molecule has 1 saturated heterocycles. The van der Waals surface area contributed by atoms with Crippen LogP contribution in [-0.4, -0.2) is 53.1 Å². The van der Waals surface area contributed by atoms with Crippen molar-refractivity contribution in [3.05, 3.63) is 12.4 Å². The molecule has 2 N–H and O–H groups in total. The molecular weight excluding hydrogens is 358 g/mol. The summed E-state index contributed by atoms with van der Waals surface area (Å²) in [7, 11) is 0. The van der Waals surface area contributed by atoms with Gasteiger partial charge in [0.25, 0.3) is 0 Å². The highest BCUT2D eigenvalue weighted by Crippen LogP contribution is 2.26. The third kappa shape index (κ3) is 6.50. The van der Waals surface area contributed by atoms with Crippen LogP contribution in [0.1, 0.15) is 53.4 Å². The molecule has 2 heterocycles. The summed E-state index contributed by atoms with van der Waals surface area (Å²) in [4.78, 5) is 11.5. The molecule has 6 nitrogen and oxygen atoms in total. The van der Waals surface area contributed by atoms with Crippen LogP contribution >= 0.6 is 11.9 Å². The van der Waals surface area contributed by atoms with Crippen LogP contribution in [0.2, 0.25) is 0 Å². The molecule has 2 aliphatic rings. The number of morpholine rings is 1. The normalized spacial score (nSPS) is 29.1. The number of aromatic nitrogens is 2. The van der Waals surface area contributed by atoms with E-state index < -0.39 is 0 Å². The molecule has 1 aromatic heterocycles. The first-order chi connectivity index (χ1) is 13.0. The molecule has 3 rings (SSSR count). The van der Waals surface area contributed by atoms with Gasteiger partial charge in [0.1, 0.15) is 11.6 Å². The van der Waals surface area contributed by atoms with Gasteiger partial charge < -0.3 is 15.0 Å². The zero-order valence-electron chi connectivity index (χ0n) is 17.1. The number of nitrogens with one attached hydrogen (secondary N) is 2.